The van der Waals surface area contributed by atoms with Gasteiger partial charge in [0.15, 0.2) is 0 Å². The highest BCUT2D eigenvalue weighted by atomic mass is 32.1. The summed E-state index contributed by atoms with van der Waals surface area (Å²) in [6.07, 6.45) is 3.06. The first-order valence-electron chi connectivity index (χ1n) is 3.07. The van der Waals surface area contributed by atoms with E-state index in [2.05, 4.69) is 4.99 Å². The Balaban J connectivity index is 2.86. The number of thiocarbonyl (C=S) groups is 1. The van der Waals surface area contributed by atoms with Gasteiger partial charge in [-0.15, -0.1) is 0 Å². The smallest absolute Gasteiger partial charge is 0.135 e. The molecule has 1 rings (SSSR count). The first-order chi connectivity index (χ1) is 5.20. The number of furan rings is 1. The van der Waals surface area contributed by atoms with Gasteiger partial charge in [-0.05, 0) is 13.0 Å². The lowest BCUT2D eigenvalue weighted by Gasteiger charge is -1.92. The molecule has 0 spiro atoms. The quantitative estimate of drug-likeness (QED) is 0.391. The van der Waals surface area contributed by atoms with Gasteiger partial charge < -0.3 is 10.2 Å². The summed E-state index contributed by atoms with van der Waals surface area (Å²) in [6.45, 7) is 1.71. The zero-order valence-electron chi connectivity index (χ0n) is 6.07. The second-order valence-corrected chi connectivity index (χ2v) is 2.62. The topological polar surface area (TPSA) is 51.5 Å². The molecular weight excluding hydrogens is 160 g/mol. The molecule has 0 radical (unpaired) electrons. The van der Waals surface area contributed by atoms with Crippen LogP contribution in [-0.4, -0.2) is 10.8 Å². The van der Waals surface area contributed by atoms with Gasteiger partial charge in [0.2, 0.25) is 0 Å². The van der Waals surface area contributed by atoms with Crippen LogP contribution in [0.15, 0.2) is 28.0 Å². The van der Waals surface area contributed by atoms with Crippen LogP contribution in [0.3, 0.4) is 0 Å². The van der Waals surface area contributed by atoms with E-state index in [0.717, 1.165) is 5.56 Å². The zero-order chi connectivity index (χ0) is 8.27. The Morgan fingerprint density at radius 2 is 2.45 bits per heavy atom. The van der Waals surface area contributed by atoms with Gasteiger partial charge in [0.05, 0.1) is 11.8 Å². The minimum absolute atomic E-state index is 0.395. The summed E-state index contributed by atoms with van der Waals surface area (Å²) in [6, 6.07) is 1.73. The van der Waals surface area contributed by atoms with Crippen molar-refractivity contribution >= 4 is 23.0 Å². The van der Waals surface area contributed by atoms with Crippen molar-refractivity contribution in [3.8, 4) is 0 Å². The molecule has 0 saturated carbocycles. The van der Waals surface area contributed by atoms with E-state index in [4.69, 9.17) is 22.4 Å². The normalized spacial score (nSPS) is 11.5. The predicted octanol–water partition coefficient (Wildman–Crippen LogP) is 1.33. The molecule has 0 aliphatic rings. The highest BCUT2D eigenvalue weighted by Gasteiger charge is 1.98. The van der Waals surface area contributed by atoms with Crippen LogP contribution < -0.4 is 5.73 Å². The average Bonchev–Trinajstić information content (AvgIpc) is 2.35. The van der Waals surface area contributed by atoms with Gasteiger partial charge in [-0.25, -0.2) is 4.99 Å². The number of aliphatic imine (C=N–C) groups is 1. The molecule has 1 aromatic rings. The van der Waals surface area contributed by atoms with Crippen LogP contribution in [0.2, 0.25) is 0 Å². The Kier molecular flexibility index (Phi) is 2.38. The fourth-order valence-corrected chi connectivity index (χ4v) is 0.743. The third-order valence-electron chi connectivity index (χ3n) is 1.09. The Morgan fingerprint density at radius 3 is 2.91 bits per heavy atom. The van der Waals surface area contributed by atoms with Gasteiger partial charge in [-0.2, -0.15) is 0 Å². The number of hydrogen-bond donors (Lipinski definition) is 1. The maximum Gasteiger partial charge on any atom is 0.135 e. The van der Waals surface area contributed by atoms with Crippen LogP contribution in [0, 0.1) is 0 Å². The molecule has 58 valence electrons. The molecule has 2 N–H and O–H groups in total. The van der Waals surface area contributed by atoms with Crippen molar-refractivity contribution in [3.63, 3.8) is 0 Å². The molecule has 0 bridgehead atoms. The molecular formula is C7H8N2OS. The summed E-state index contributed by atoms with van der Waals surface area (Å²) < 4.78 is 4.81. The molecule has 1 aromatic heterocycles. The Morgan fingerprint density at radius 1 is 1.73 bits per heavy atom. The van der Waals surface area contributed by atoms with Crippen molar-refractivity contribution in [3.05, 3.63) is 24.2 Å². The standard InChI is InChI=1S/C7H8N2OS/c1-5(11)9-7(8)6-2-3-10-4-6/h2-4H,1H3,(H2,8,9,11). The van der Waals surface area contributed by atoms with E-state index in [0.29, 0.717) is 10.8 Å². The maximum absolute atomic E-state index is 5.54. The van der Waals surface area contributed by atoms with Crippen molar-refractivity contribution in [1.29, 1.82) is 0 Å². The van der Waals surface area contributed by atoms with E-state index in [-0.39, 0.29) is 0 Å². The molecule has 0 atom stereocenters. The van der Waals surface area contributed by atoms with Gasteiger partial charge >= 0.3 is 0 Å². The molecule has 0 unspecified atom stereocenters. The van der Waals surface area contributed by atoms with Gasteiger partial charge in [0.1, 0.15) is 17.1 Å². The lowest BCUT2D eigenvalue weighted by molar-refractivity contribution is 0.567. The molecule has 1 heterocycles. The van der Waals surface area contributed by atoms with Gasteiger partial charge in [0, 0.05) is 0 Å². The molecule has 4 heteroatoms. The minimum atomic E-state index is 0.395. The highest BCUT2D eigenvalue weighted by molar-refractivity contribution is 7.80. The summed E-state index contributed by atoms with van der Waals surface area (Å²) in [5, 5.41) is 0. The Labute approximate surface area is 69.9 Å². The van der Waals surface area contributed by atoms with E-state index in [1.165, 1.54) is 12.5 Å². The molecule has 0 fully saturated rings. The molecule has 0 aromatic carbocycles. The summed E-state index contributed by atoms with van der Waals surface area (Å²) in [4.78, 5) is 4.40. The summed E-state index contributed by atoms with van der Waals surface area (Å²) in [5.74, 6) is 0.395. The predicted molar refractivity (Wildman–Crippen MR) is 47.7 cm³/mol. The summed E-state index contributed by atoms with van der Waals surface area (Å²) in [5.41, 5.74) is 6.30. The van der Waals surface area contributed by atoms with E-state index in [1.54, 1.807) is 13.0 Å². The zero-order valence-corrected chi connectivity index (χ0v) is 6.89. The fraction of sp³-hybridized carbons (Fsp3) is 0.143. The van der Waals surface area contributed by atoms with Crippen LogP contribution in [-0.2, 0) is 0 Å². The monoisotopic (exact) mass is 168 g/mol. The van der Waals surface area contributed by atoms with E-state index in [9.17, 15) is 0 Å². The van der Waals surface area contributed by atoms with Gasteiger partial charge in [-0.1, -0.05) is 12.2 Å². The third-order valence-corrected chi connectivity index (χ3v) is 1.19. The molecule has 0 amide bonds. The molecule has 11 heavy (non-hydrogen) atoms. The second-order valence-electron chi connectivity index (χ2n) is 2.03. The largest absolute Gasteiger partial charge is 0.472 e. The SMILES string of the molecule is CC(=S)N=C(N)c1ccoc1. The van der Waals surface area contributed by atoms with E-state index < -0.39 is 0 Å². The Bertz CT molecular complexity index is 277. The number of nitrogens with zero attached hydrogens (tertiary/aromatic N) is 1. The van der Waals surface area contributed by atoms with Crippen molar-refractivity contribution in [2.75, 3.05) is 0 Å². The fourth-order valence-electron chi connectivity index (χ4n) is 0.644. The van der Waals surface area contributed by atoms with Crippen molar-refractivity contribution in [2.45, 2.75) is 6.92 Å². The van der Waals surface area contributed by atoms with E-state index in [1.807, 2.05) is 0 Å². The van der Waals surface area contributed by atoms with Crippen molar-refractivity contribution in [2.24, 2.45) is 10.7 Å². The highest BCUT2D eigenvalue weighted by Crippen LogP contribution is 1.98. The third kappa shape index (κ3) is 2.16. The minimum Gasteiger partial charge on any atom is -0.472 e. The number of rotatable bonds is 1. The number of nitrogens with two attached hydrogens (primary N) is 1. The van der Waals surface area contributed by atoms with E-state index >= 15 is 0 Å². The van der Waals surface area contributed by atoms with Crippen molar-refractivity contribution in [1.82, 2.24) is 0 Å². The van der Waals surface area contributed by atoms with Crippen LogP contribution in [0.5, 0.6) is 0 Å². The first-order valence-corrected chi connectivity index (χ1v) is 3.48. The van der Waals surface area contributed by atoms with Gasteiger partial charge in [-0.3, -0.25) is 0 Å². The molecule has 0 aliphatic carbocycles. The lowest BCUT2D eigenvalue weighted by atomic mass is 10.3. The van der Waals surface area contributed by atoms with Crippen LogP contribution >= 0.6 is 12.2 Å². The summed E-state index contributed by atoms with van der Waals surface area (Å²) >= 11 is 4.75. The second kappa shape index (κ2) is 3.30. The van der Waals surface area contributed by atoms with Gasteiger partial charge in [0.25, 0.3) is 0 Å². The average molecular weight is 168 g/mol. The van der Waals surface area contributed by atoms with Crippen LogP contribution in [0.1, 0.15) is 12.5 Å². The van der Waals surface area contributed by atoms with Crippen LogP contribution in [0.25, 0.3) is 0 Å². The molecule has 0 aliphatic heterocycles. The number of amidine groups is 1. The Hall–Kier alpha value is -1.16. The summed E-state index contributed by atoms with van der Waals surface area (Å²) in [7, 11) is 0. The number of hydrogen-bond acceptors (Lipinski definition) is 2. The lowest BCUT2D eigenvalue weighted by Crippen LogP contribution is -2.13. The first kappa shape index (κ1) is 7.94. The van der Waals surface area contributed by atoms with Crippen molar-refractivity contribution < 1.29 is 4.42 Å². The molecule has 0 saturated heterocycles. The molecule has 3 nitrogen and oxygen atoms in total. The van der Waals surface area contributed by atoms with Crippen LogP contribution in [0.4, 0.5) is 0 Å². The maximum atomic E-state index is 5.54.